The van der Waals surface area contributed by atoms with Crippen LogP contribution < -0.4 is 15.4 Å². The Hall–Kier alpha value is -3.12. The average Bonchev–Trinajstić information content (AvgIpc) is 2.66. The van der Waals surface area contributed by atoms with Crippen LogP contribution in [-0.2, 0) is 0 Å². The predicted octanol–water partition coefficient (Wildman–Crippen LogP) is 5.19. The summed E-state index contributed by atoms with van der Waals surface area (Å²) in [6, 6.07) is 12.4. The van der Waals surface area contributed by atoms with E-state index in [9.17, 15) is 9.18 Å². The van der Waals surface area contributed by atoms with Crippen molar-refractivity contribution in [2.45, 2.75) is 6.92 Å². The number of nitrogens with one attached hydrogen (secondary N) is 2. The van der Waals surface area contributed by atoms with Crippen LogP contribution in [-0.4, -0.2) is 18.0 Å². The number of nitrogens with zero attached hydrogens (tertiary/aromatic N) is 1. The largest absolute Gasteiger partial charge is 0.495 e. The maximum Gasteiger partial charge on any atom is 0.255 e. The molecule has 0 saturated carbocycles. The van der Waals surface area contributed by atoms with Crippen LogP contribution in [0, 0.1) is 12.7 Å². The summed E-state index contributed by atoms with van der Waals surface area (Å²) in [4.78, 5) is 16.4. The van der Waals surface area contributed by atoms with E-state index in [1.165, 1.54) is 30.5 Å². The first-order chi connectivity index (χ1) is 13.0. The molecule has 7 heteroatoms. The minimum Gasteiger partial charge on any atom is -0.495 e. The van der Waals surface area contributed by atoms with Crippen molar-refractivity contribution in [1.82, 2.24) is 4.98 Å². The van der Waals surface area contributed by atoms with E-state index in [-0.39, 0.29) is 5.91 Å². The van der Waals surface area contributed by atoms with E-state index in [4.69, 9.17) is 16.3 Å². The molecule has 138 valence electrons. The third-order valence-electron chi connectivity index (χ3n) is 3.87. The number of benzene rings is 2. The van der Waals surface area contributed by atoms with Crippen LogP contribution in [0.25, 0.3) is 0 Å². The molecule has 5 nitrogen and oxygen atoms in total. The molecule has 1 heterocycles. The van der Waals surface area contributed by atoms with Crippen LogP contribution in [0.3, 0.4) is 0 Å². The van der Waals surface area contributed by atoms with Gasteiger partial charge in [-0.1, -0.05) is 11.6 Å². The Bertz CT molecular complexity index is 960. The Morgan fingerprint density at radius 1 is 1.15 bits per heavy atom. The fourth-order valence-electron chi connectivity index (χ4n) is 2.41. The molecule has 0 unspecified atom stereocenters. The second-order valence-electron chi connectivity index (χ2n) is 5.82. The zero-order chi connectivity index (χ0) is 19.4. The van der Waals surface area contributed by atoms with Crippen LogP contribution in [0.15, 0.2) is 54.7 Å². The second-order valence-corrected chi connectivity index (χ2v) is 6.23. The number of carbonyl (C=O) groups excluding carboxylic acids is 1. The molecular formula is C20H17ClFN3O2. The molecule has 0 aliphatic heterocycles. The fraction of sp³-hybridized carbons (Fsp3) is 0.100. The maximum absolute atomic E-state index is 12.9. The number of halogens is 2. The summed E-state index contributed by atoms with van der Waals surface area (Å²) in [5, 5.41) is 6.49. The maximum atomic E-state index is 12.9. The number of rotatable bonds is 5. The second kappa shape index (κ2) is 8.05. The van der Waals surface area contributed by atoms with Gasteiger partial charge in [-0.3, -0.25) is 4.79 Å². The standard InChI is InChI=1S/C20H17ClFN3O2/c1-12-9-17(18(27-2)10-16(12)21)25-19-8-7-15(11-23-19)24-20(26)13-3-5-14(22)6-4-13/h3-11H,1-2H3,(H,23,25)(H,24,26). The number of ether oxygens (including phenoxy) is 1. The molecule has 1 aromatic heterocycles. The molecule has 27 heavy (non-hydrogen) atoms. The smallest absolute Gasteiger partial charge is 0.255 e. The molecule has 0 aliphatic carbocycles. The van der Waals surface area contributed by atoms with Gasteiger partial charge in [-0.25, -0.2) is 9.37 Å². The van der Waals surface area contributed by atoms with E-state index in [0.29, 0.717) is 27.8 Å². The predicted molar refractivity (Wildman–Crippen MR) is 105 cm³/mol. The van der Waals surface area contributed by atoms with Crippen molar-refractivity contribution >= 4 is 34.7 Å². The summed E-state index contributed by atoms with van der Waals surface area (Å²) >= 11 is 6.11. The topological polar surface area (TPSA) is 63.2 Å². The quantitative estimate of drug-likeness (QED) is 0.634. The van der Waals surface area contributed by atoms with E-state index < -0.39 is 5.82 Å². The van der Waals surface area contributed by atoms with Crippen molar-refractivity contribution in [3.8, 4) is 5.75 Å². The van der Waals surface area contributed by atoms with E-state index in [1.807, 2.05) is 13.0 Å². The Labute approximate surface area is 161 Å². The van der Waals surface area contributed by atoms with Crippen molar-refractivity contribution < 1.29 is 13.9 Å². The molecule has 0 bridgehead atoms. The number of carbonyl (C=O) groups is 1. The lowest BCUT2D eigenvalue weighted by Gasteiger charge is -2.13. The van der Waals surface area contributed by atoms with Crippen molar-refractivity contribution in [2.24, 2.45) is 0 Å². The molecule has 0 fully saturated rings. The minimum atomic E-state index is -0.392. The number of methoxy groups -OCH3 is 1. The summed E-state index contributed by atoms with van der Waals surface area (Å²) in [5.74, 6) is 0.444. The first-order valence-electron chi connectivity index (χ1n) is 8.10. The average molecular weight is 386 g/mol. The van der Waals surface area contributed by atoms with Gasteiger partial charge in [-0.15, -0.1) is 0 Å². The summed E-state index contributed by atoms with van der Waals surface area (Å²) in [6.45, 7) is 1.90. The first-order valence-corrected chi connectivity index (χ1v) is 8.48. The molecule has 0 atom stereocenters. The van der Waals surface area contributed by atoms with Gasteiger partial charge >= 0.3 is 0 Å². The van der Waals surface area contributed by atoms with Crippen LogP contribution in [0.4, 0.5) is 21.6 Å². The molecular weight excluding hydrogens is 369 g/mol. The van der Waals surface area contributed by atoms with Gasteiger partial charge in [0.15, 0.2) is 0 Å². The SMILES string of the molecule is COc1cc(Cl)c(C)cc1Nc1ccc(NC(=O)c2ccc(F)cc2)cn1. The van der Waals surface area contributed by atoms with Crippen molar-refractivity contribution in [2.75, 3.05) is 17.7 Å². The molecule has 0 spiro atoms. The van der Waals surface area contributed by atoms with Crippen LogP contribution in [0.1, 0.15) is 15.9 Å². The molecule has 2 aromatic carbocycles. The van der Waals surface area contributed by atoms with Crippen molar-refractivity contribution in [1.29, 1.82) is 0 Å². The Balaban J connectivity index is 1.71. The van der Waals surface area contributed by atoms with Gasteiger partial charge in [0.25, 0.3) is 5.91 Å². The third kappa shape index (κ3) is 4.54. The summed E-state index contributed by atoms with van der Waals surface area (Å²) in [7, 11) is 1.56. The number of amides is 1. The summed E-state index contributed by atoms with van der Waals surface area (Å²) < 4.78 is 18.3. The first kappa shape index (κ1) is 18.7. The van der Waals surface area contributed by atoms with Gasteiger partial charge in [0, 0.05) is 16.7 Å². The van der Waals surface area contributed by atoms with Gasteiger partial charge in [-0.2, -0.15) is 0 Å². The number of anilines is 3. The zero-order valence-electron chi connectivity index (χ0n) is 14.7. The molecule has 3 aromatic rings. The van der Waals surface area contributed by atoms with Crippen molar-refractivity contribution in [3.05, 3.63) is 76.7 Å². The Morgan fingerprint density at radius 2 is 1.89 bits per heavy atom. The lowest BCUT2D eigenvalue weighted by atomic mass is 10.2. The number of hydrogen-bond donors (Lipinski definition) is 2. The van der Waals surface area contributed by atoms with Crippen molar-refractivity contribution in [3.63, 3.8) is 0 Å². The highest BCUT2D eigenvalue weighted by molar-refractivity contribution is 6.31. The van der Waals surface area contributed by atoms with Crippen LogP contribution >= 0.6 is 11.6 Å². The molecule has 3 rings (SSSR count). The normalized spacial score (nSPS) is 10.4. The lowest BCUT2D eigenvalue weighted by molar-refractivity contribution is 0.102. The van der Waals surface area contributed by atoms with E-state index in [0.717, 1.165) is 11.3 Å². The molecule has 0 radical (unpaired) electrons. The van der Waals surface area contributed by atoms with Gasteiger partial charge in [0.1, 0.15) is 17.4 Å². The van der Waals surface area contributed by atoms with E-state index in [1.54, 1.807) is 25.3 Å². The molecule has 1 amide bonds. The number of pyridine rings is 1. The number of hydrogen-bond acceptors (Lipinski definition) is 4. The minimum absolute atomic E-state index is 0.340. The molecule has 0 aliphatic rings. The Kier molecular flexibility index (Phi) is 5.57. The zero-order valence-corrected chi connectivity index (χ0v) is 15.5. The summed E-state index contributed by atoms with van der Waals surface area (Å²) in [6.07, 6.45) is 1.53. The van der Waals surface area contributed by atoms with E-state index in [2.05, 4.69) is 15.6 Å². The highest BCUT2D eigenvalue weighted by Gasteiger charge is 2.09. The molecule has 2 N–H and O–H groups in total. The van der Waals surface area contributed by atoms with Gasteiger partial charge in [-0.05, 0) is 55.0 Å². The summed E-state index contributed by atoms with van der Waals surface area (Å²) in [5.41, 5.74) is 2.52. The monoisotopic (exact) mass is 385 g/mol. The van der Waals surface area contributed by atoms with Crippen LogP contribution in [0.5, 0.6) is 5.75 Å². The lowest BCUT2D eigenvalue weighted by Crippen LogP contribution is -2.12. The number of aromatic nitrogens is 1. The van der Waals surface area contributed by atoms with Crippen LogP contribution in [0.2, 0.25) is 5.02 Å². The van der Waals surface area contributed by atoms with E-state index >= 15 is 0 Å². The highest BCUT2D eigenvalue weighted by atomic mass is 35.5. The Morgan fingerprint density at radius 3 is 2.52 bits per heavy atom. The fourth-order valence-corrected chi connectivity index (χ4v) is 2.57. The number of aryl methyl sites for hydroxylation is 1. The van der Waals surface area contributed by atoms with Gasteiger partial charge in [0.2, 0.25) is 0 Å². The highest BCUT2D eigenvalue weighted by Crippen LogP contribution is 2.32. The third-order valence-corrected chi connectivity index (χ3v) is 4.28. The molecule has 0 saturated heterocycles. The van der Waals surface area contributed by atoms with Gasteiger partial charge < -0.3 is 15.4 Å². The van der Waals surface area contributed by atoms with Gasteiger partial charge in [0.05, 0.1) is 24.7 Å².